The van der Waals surface area contributed by atoms with E-state index in [0.717, 1.165) is 10.1 Å². The van der Waals surface area contributed by atoms with E-state index < -0.39 is 0 Å². The van der Waals surface area contributed by atoms with Crippen molar-refractivity contribution in [3.05, 3.63) is 24.2 Å². The number of furan rings is 1. The summed E-state index contributed by atoms with van der Waals surface area (Å²) >= 11 is 2.73. The summed E-state index contributed by atoms with van der Waals surface area (Å²) in [5.41, 5.74) is 0. The lowest BCUT2D eigenvalue weighted by atomic mass is 10.4. The van der Waals surface area contributed by atoms with Gasteiger partial charge in [-0.15, -0.1) is 10.2 Å². The van der Waals surface area contributed by atoms with E-state index in [-0.39, 0.29) is 11.7 Å². The number of anilines is 1. The fourth-order valence-corrected chi connectivity index (χ4v) is 3.18. The molecule has 1 amide bonds. The van der Waals surface area contributed by atoms with Crippen molar-refractivity contribution >= 4 is 34.1 Å². The Kier molecular flexibility index (Phi) is 6.24. The first-order valence-corrected chi connectivity index (χ1v) is 8.32. The maximum absolute atomic E-state index is 11.8. The number of amides is 1. The van der Waals surface area contributed by atoms with E-state index in [9.17, 15) is 4.79 Å². The Morgan fingerprint density at radius 3 is 3.18 bits per heavy atom. The van der Waals surface area contributed by atoms with E-state index >= 15 is 0 Å². The number of carbonyl (C=O) groups is 1. The molecule has 0 saturated carbocycles. The fraction of sp³-hybridized carbons (Fsp3) is 0.385. The molecule has 0 saturated heterocycles. The molecule has 9 heteroatoms. The minimum absolute atomic E-state index is 0.0273. The Balaban J connectivity index is 1.75. The second-order valence-corrected chi connectivity index (χ2v) is 6.52. The average Bonchev–Trinajstić information content (AvgIpc) is 3.19. The molecule has 0 aliphatic rings. The van der Waals surface area contributed by atoms with Crippen LogP contribution in [0.4, 0.5) is 5.13 Å². The monoisotopic (exact) mass is 337 g/mol. The zero-order valence-corrected chi connectivity index (χ0v) is 13.6. The summed E-state index contributed by atoms with van der Waals surface area (Å²) < 4.78 is 5.94. The molecule has 22 heavy (non-hydrogen) atoms. The highest BCUT2D eigenvalue weighted by Crippen LogP contribution is 2.25. The third-order valence-electron chi connectivity index (χ3n) is 2.70. The lowest BCUT2D eigenvalue weighted by molar-refractivity contribution is -0.127. The molecule has 0 aliphatic heterocycles. The number of nitrogens with zero attached hydrogens (tertiary/aromatic N) is 4. The van der Waals surface area contributed by atoms with Gasteiger partial charge < -0.3 is 14.6 Å². The number of thioether (sulfide) groups is 1. The van der Waals surface area contributed by atoms with Crippen LogP contribution in [0.3, 0.4) is 0 Å². The van der Waals surface area contributed by atoms with Crippen LogP contribution in [0.2, 0.25) is 0 Å². The second kappa shape index (κ2) is 8.41. The van der Waals surface area contributed by atoms with Crippen LogP contribution in [0.15, 0.2) is 27.2 Å². The quantitative estimate of drug-likeness (QED) is 0.738. The van der Waals surface area contributed by atoms with Crippen LogP contribution in [0.1, 0.15) is 12.2 Å². The molecular formula is C13H15N5O2S2. The SMILES string of the molecule is CN(CCC#N)C(=O)CSc1nnc(NCc2ccco2)s1. The van der Waals surface area contributed by atoms with Crippen molar-refractivity contribution in [1.82, 2.24) is 15.1 Å². The van der Waals surface area contributed by atoms with Crippen LogP contribution in [-0.2, 0) is 11.3 Å². The van der Waals surface area contributed by atoms with Crippen molar-refractivity contribution in [2.24, 2.45) is 0 Å². The van der Waals surface area contributed by atoms with Crippen molar-refractivity contribution in [3.63, 3.8) is 0 Å². The zero-order chi connectivity index (χ0) is 15.8. The largest absolute Gasteiger partial charge is 0.467 e. The Bertz CT molecular complexity index is 635. The number of carbonyl (C=O) groups excluding carboxylic acids is 1. The number of hydrogen-bond acceptors (Lipinski definition) is 8. The summed E-state index contributed by atoms with van der Waals surface area (Å²) in [6.07, 6.45) is 1.96. The van der Waals surface area contributed by atoms with Gasteiger partial charge in [-0.3, -0.25) is 4.79 Å². The van der Waals surface area contributed by atoms with Gasteiger partial charge >= 0.3 is 0 Å². The summed E-state index contributed by atoms with van der Waals surface area (Å²) in [5, 5.41) is 20.3. The van der Waals surface area contributed by atoms with Crippen molar-refractivity contribution in [2.75, 3.05) is 24.7 Å². The highest BCUT2D eigenvalue weighted by molar-refractivity contribution is 8.01. The maximum atomic E-state index is 11.8. The molecule has 2 aromatic rings. The highest BCUT2D eigenvalue weighted by Gasteiger charge is 2.11. The van der Waals surface area contributed by atoms with E-state index in [1.165, 1.54) is 23.1 Å². The second-order valence-electron chi connectivity index (χ2n) is 4.32. The lowest BCUT2D eigenvalue weighted by Crippen LogP contribution is -2.29. The number of nitriles is 1. The first-order chi connectivity index (χ1) is 10.7. The molecule has 116 valence electrons. The van der Waals surface area contributed by atoms with E-state index in [0.29, 0.717) is 24.6 Å². The minimum atomic E-state index is -0.0273. The number of aromatic nitrogens is 2. The van der Waals surface area contributed by atoms with E-state index in [4.69, 9.17) is 9.68 Å². The summed E-state index contributed by atoms with van der Waals surface area (Å²) in [6, 6.07) is 5.72. The van der Waals surface area contributed by atoms with E-state index in [1.807, 2.05) is 18.2 Å². The van der Waals surface area contributed by atoms with Crippen molar-refractivity contribution in [2.45, 2.75) is 17.3 Å². The molecule has 0 bridgehead atoms. The van der Waals surface area contributed by atoms with Crippen molar-refractivity contribution in [3.8, 4) is 6.07 Å². The third-order valence-corrected chi connectivity index (χ3v) is 4.70. The molecule has 0 atom stereocenters. The topological polar surface area (TPSA) is 95.0 Å². The zero-order valence-electron chi connectivity index (χ0n) is 12.0. The summed E-state index contributed by atoms with van der Waals surface area (Å²) in [7, 11) is 1.69. The van der Waals surface area contributed by atoms with Gasteiger partial charge in [0.2, 0.25) is 11.0 Å². The lowest BCUT2D eigenvalue weighted by Gasteiger charge is -2.14. The predicted octanol–water partition coefficient (Wildman–Crippen LogP) is 2.21. The molecule has 0 fully saturated rings. The third kappa shape index (κ3) is 5.05. The molecule has 0 radical (unpaired) electrons. The Labute approximate surface area is 136 Å². The van der Waals surface area contributed by atoms with Gasteiger partial charge in [0, 0.05) is 13.6 Å². The van der Waals surface area contributed by atoms with Gasteiger partial charge in [-0.05, 0) is 12.1 Å². The van der Waals surface area contributed by atoms with Crippen LogP contribution in [0, 0.1) is 11.3 Å². The number of rotatable bonds is 8. The molecular weight excluding hydrogens is 322 g/mol. The molecule has 2 heterocycles. The first-order valence-electron chi connectivity index (χ1n) is 6.52. The molecule has 2 rings (SSSR count). The van der Waals surface area contributed by atoms with Crippen molar-refractivity contribution in [1.29, 1.82) is 5.26 Å². The van der Waals surface area contributed by atoms with Crippen LogP contribution < -0.4 is 5.32 Å². The first kappa shape index (κ1) is 16.3. The molecule has 2 aromatic heterocycles. The summed E-state index contributed by atoms with van der Waals surface area (Å²) in [6.45, 7) is 0.990. The molecule has 0 aromatic carbocycles. The predicted molar refractivity (Wildman–Crippen MR) is 84.5 cm³/mol. The van der Waals surface area contributed by atoms with E-state index in [1.54, 1.807) is 18.2 Å². The smallest absolute Gasteiger partial charge is 0.232 e. The van der Waals surface area contributed by atoms with Crippen molar-refractivity contribution < 1.29 is 9.21 Å². The van der Waals surface area contributed by atoms with Gasteiger partial charge in [0.25, 0.3) is 0 Å². The van der Waals surface area contributed by atoms with Crippen LogP contribution >= 0.6 is 23.1 Å². The Hall–Kier alpha value is -2.05. The van der Waals surface area contributed by atoms with Gasteiger partial charge in [0.05, 0.1) is 31.1 Å². The summed E-state index contributed by atoms with van der Waals surface area (Å²) in [4.78, 5) is 13.4. The molecule has 0 unspecified atom stereocenters. The average molecular weight is 337 g/mol. The number of nitrogens with one attached hydrogen (secondary N) is 1. The van der Waals surface area contributed by atoms with Gasteiger partial charge in [-0.25, -0.2) is 0 Å². The Morgan fingerprint density at radius 1 is 1.59 bits per heavy atom. The number of hydrogen-bond donors (Lipinski definition) is 1. The normalized spacial score (nSPS) is 10.2. The maximum Gasteiger partial charge on any atom is 0.232 e. The van der Waals surface area contributed by atoms with E-state index in [2.05, 4.69) is 15.5 Å². The van der Waals surface area contributed by atoms with Gasteiger partial charge in [0.15, 0.2) is 4.34 Å². The highest BCUT2D eigenvalue weighted by atomic mass is 32.2. The Morgan fingerprint density at radius 2 is 2.45 bits per heavy atom. The molecule has 0 aliphatic carbocycles. The molecule has 0 spiro atoms. The van der Waals surface area contributed by atoms with Gasteiger partial charge in [-0.1, -0.05) is 23.1 Å². The minimum Gasteiger partial charge on any atom is -0.467 e. The van der Waals surface area contributed by atoms with Gasteiger partial charge in [0.1, 0.15) is 5.76 Å². The fourth-order valence-electron chi connectivity index (χ4n) is 1.49. The standard InChI is InChI=1S/C13H15N5O2S2/c1-18(6-3-5-14)11(19)9-21-13-17-16-12(22-13)15-8-10-4-2-7-20-10/h2,4,7H,3,6,8-9H2,1H3,(H,15,16). The molecule has 7 nitrogen and oxygen atoms in total. The van der Waals surface area contributed by atoms with Crippen LogP contribution in [0.5, 0.6) is 0 Å². The van der Waals surface area contributed by atoms with Crippen LogP contribution in [-0.4, -0.2) is 40.3 Å². The van der Waals surface area contributed by atoms with Gasteiger partial charge in [-0.2, -0.15) is 5.26 Å². The van der Waals surface area contributed by atoms with Crippen LogP contribution in [0.25, 0.3) is 0 Å². The summed E-state index contributed by atoms with van der Waals surface area (Å²) in [5.74, 6) is 1.08. The molecule has 1 N–H and O–H groups in total.